The smallest absolute Gasteiger partial charge is 0.254 e. The maximum atomic E-state index is 14.2. The Bertz CT molecular complexity index is 2820. The number of nitrogens with zero attached hydrogens (tertiary/aromatic N) is 8. The fraction of sp³-hybridized carbons (Fsp3) is 0.442. The van der Waals surface area contributed by atoms with Gasteiger partial charge >= 0.3 is 0 Å². The summed E-state index contributed by atoms with van der Waals surface area (Å²) >= 11 is 1.59. The lowest BCUT2D eigenvalue weighted by Crippen LogP contribution is -2.48. The van der Waals surface area contributed by atoms with E-state index in [-0.39, 0.29) is 60.5 Å². The summed E-state index contributed by atoms with van der Waals surface area (Å²) in [4.78, 5) is 37.2. The van der Waals surface area contributed by atoms with Gasteiger partial charge in [-0.15, -0.1) is 21.5 Å². The highest BCUT2D eigenvalue weighted by atomic mass is 32.1. The Hall–Kier alpha value is -6.65. The number of likely N-dealkylation sites (tertiary alicyclic amines) is 2. The second kappa shape index (κ2) is 21.6. The van der Waals surface area contributed by atoms with Crippen molar-refractivity contribution in [2.45, 2.75) is 103 Å². The molecule has 5 N–H and O–H groups in total. The number of rotatable bonds is 16. The number of aromatic nitrogens is 6. The van der Waals surface area contributed by atoms with E-state index in [0.29, 0.717) is 54.1 Å². The number of nitrogen functional groups attached to an aromatic ring is 1. The zero-order valence-electron chi connectivity index (χ0n) is 39.9. The maximum absolute atomic E-state index is 14.2. The van der Waals surface area contributed by atoms with Crippen molar-refractivity contribution in [3.05, 3.63) is 95.6 Å². The number of anilines is 1. The summed E-state index contributed by atoms with van der Waals surface area (Å²) in [5.74, 6) is 6.52. The van der Waals surface area contributed by atoms with Gasteiger partial charge in [0.25, 0.3) is 5.88 Å². The Morgan fingerprint density at radius 2 is 1.79 bits per heavy atom. The number of nitrogens with one attached hydrogen (secondary N) is 1. The maximum Gasteiger partial charge on any atom is 0.254 e. The van der Waals surface area contributed by atoms with Gasteiger partial charge in [0.15, 0.2) is 11.6 Å². The van der Waals surface area contributed by atoms with Crippen molar-refractivity contribution in [3.8, 4) is 56.3 Å². The average Bonchev–Trinajstić information content (AvgIpc) is 4.18. The summed E-state index contributed by atoms with van der Waals surface area (Å²) in [5.41, 5.74) is 13.5. The first-order chi connectivity index (χ1) is 33.9. The molecule has 2 amide bonds. The zero-order valence-corrected chi connectivity index (χ0v) is 40.7. The van der Waals surface area contributed by atoms with Crippen LogP contribution in [-0.4, -0.2) is 119 Å². The topological polar surface area (TPSA) is 220 Å². The number of thiazole rings is 1. The van der Waals surface area contributed by atoms with Gasteiger partial charge in [0.05, 0.1) is 52.3 Å². The van der Waals surface area contributed by atoms with Crippen LogP contribution in [0.5, 0.6) is 11.6 Å². The number of phenols is 1. The molecule has 9 rings (SSSR count). The number of piperidine rings is 1. The van der Waals surface area contributed by atoms with Crippen molar-refractivity contribution in [2.75, 3.05) is 38.5 Å². The first-order valence-corrected chi connectivity index (χ1v) is 24.9. The van der Waals surface area contributed by atoms with Crippen molar-refractivity contribution in [1.29, 1.82) is 0 Å². The van der Waals surface area contributed by atoms with Gasteiger partial charge in [-0.05, 0) is 79.9 Å². The molecule has 0 unspecified atom stereocenters. The van der Waals surface area contributed by atoms with E-state index in [0.717, 1.165) is 66.0 Å². The lowest BCUT2D eigenvalue weighted by molar-refractivity contribution is -0.141. The molecule has 4 aromatic heterocycles. The minimum Gasteiger partial charge on any atom is -0.507 e. The van der Waals surface area contributed by atoms with Crippen LogP contribution in [0.4, 0.5) is 5.82 Å². The minimum absolute atomic E-state index is 0.0534. The van der Waals surface area contributed by atoms with Gasteiger partial charge in [0.1, 0.15) is 30.9 Å². The number of aliphatic hydroxyl groups is 1. The van der Waals surface area contributed by atoms with E-state index in [2.05, 4.69) is 47.5 Å². The lowest BCUT2D eigenvalue weighted by Gasteiger charge is -2.38. The van der Waals surface area contributed by atoms with Crippen LogP contribution in [0.2, 0.25) is 0 Å². The normalized spacial score (nSPS) is 20.4. The molecule has 1 saturated carbocycles. The third-order valence-corrected chi connectivity index (χ3v) is 14.5. The van der Waals surface area contributed by atoms with Crippen molar-refractivity contribution in [1.82, 2.24) is 45.2 Å². The number of ether oxygens (including phenoxy) is 2. The molecule has 0 radical (unpaired) electrons. The largest absolute Gasteiger partial charge is 0.507 e. The SMILES string of the molecule is Cc1ncsc1-c1ccc([C@H](C)NC(=O)[C@@H]2C[C@@H](O)CN2C(=O)[C@@H](c2cc(OCCN3CCC(O[C@H]4C[C@H](C#CCn5cc(-c6cc(-c7ccccc7O)nnc6N)cn5)C4)CC3)no2)C(C)C)cc1. The van der Waals surface area contributed by atoms with E-state index >= 15 is 0 Å². The number of para-hydroxylation sites is 1. The number of hydrogen-bond donors (Lipinski definition) is 4. The quantitative estimate of drug-likeness (QED) is 0.0748. The lowest BCUT2D eigenvalue weighted by atomic mass is 9.82. The van der Waals surface area contributed by atoms with Crippen molar-refractivity contribution >= 4 is 29.0 Å². The summed E-state index contributed by atoms with van der Waals surface area (Å²) in [7, 11) is 0. The van der Waals surface area contributed by atoms with Crippen LogP contribution >= 0.6 is 11.3 Å². The van der Waals surface area contributed by atoms with Gasteiger partial charge in [0, 0.05) is 67.5 Å². The van der Waals surface area contributed by atoms with E-state index in [9.17, 15) is 19.8 Å². The number of amides is 2. The number of β-amino-alcohol motifs (C(OH)–C–C–N with tert-alkyl or cyclic N) is 1. The summed E-state index contributed by atoms with van der Waals surface area (Å²) in [6.45, 7) is 11.2. The van der Waals surface area contributed by atoms with Crippen molar-refractivity contribution in [3.63, 3.8) is 0 Å². The molecule has 6 heterocycles. The summed E-state index contributed by atoms with van der Waals surface area (Å²) in [5, 5.41) is 40.9. The number of nitrogens with two attached hydrogens (primary N) is 1. The number of benzene rings is 2. The van der Waals surface area contributed by atoms with Gasteiger partial charge in [-0.1, -0.05) is 62.1 Å². The molecule has 4 atom stereocenters. The molecule has 6 aromatic rings. The summed E-state index contributed by atoms with van der Waals surface area (Å²) < 4.78 is 20.0. The Kier molecular flexibility index (Phi) is 14.9. The number of carbonyl (C=O) groups is 2. The first-order valence-electron chi connectivity index (χ1n) is 24.1. The molecule has 3 fully saturated rings. The fourth-order valence-electron chi connectivity index (χ4n) is 9.53. The molecule has 18 heteroatoms. The first kappa shape index (κ1) is 48.4. The second-order valence-electron chi connectivity index (χ2n) is 18.9. The molecular formula is C52H60N10O7S. The number of aromatic hydroxyl groups is 1. The van der Waals surface area contributed by atoms with Crippen LogP contribution in [0, 0.1) is 30.6 Å². The van der Waals surface area contributed by atoms with Gasteiger partial charge in [-0.2, -0.15) is 5.10 Å². The van der Waals surface area contributed by atoms with Crippen molar-refractivity contribution < 1.29 is 33.8 Å². The molecule has 366 valence electrons. The van der Waals surface area contributed by atoms with Crippen LogP contribution in [-0.2, 0) is 20.9 Å². The van der Waals surface area contributed by atoms with Crippen LogP contribution in [0.15, 0.2) is 83.1 Å². The molecule has 2 aliphatic heterocycles. The molecule has 2 saturated heterocycles. The van der Waals surface area contributed by atoms with Gasteiger partial charge < -0.3 is 40.2 Å². The van der Waals surface area contributed by atoms with Crippen LogP contribution in [0.3, 0.4) is 0 Å². The highest BCUT2D eigenvalue weighted by molar-refractivity contribution is 7.13. The molecule has 2 aromatic carbocycles. The van der Waals surface area contributed by atoms with Gasteiger partial charge in [-0.3, -0.25) is 19.2 Å². The van der Waals surface area contributed by atoms with E-state index in [4.69, 9.17) is 19.7 Å². The molecule has 0 spiro atoms. The molecule has 3 aliphatic rings. The highest BCUT2D eigenvalue weighted by Gasteiger charge is 2.43. The zero-order chi connectivity index (χ0) is 48.9. The second-order valence-corrected chi connectivity index (χ2v) is 19.8. The Morgan fingerprint density at radius 1 is 1.00 bits per heavy atom. The molecule has 70 heavy (non-hydrogen) atoms. The standard InChI is InChI=1S/C52H60N10O7S/c1-31(2)48(52(66)62-29-38(63)24-44(62)51(65)56-32(3)35-11-13-36(14-12-35)49-33(4)54-30-70-49)46-26-47(59-69-46)67-21-20-60-18-15-39(16-19-60)68-40-22-34(23-40)8-7-17-61-28-37(27-55-61)42-25-43(57-58-50(42)53)41-9-5-6-10-45(41)64/h5-6,9-14,25-28,30-32,34,38-40,44,48,63-64H,15-24,29H2,1-4H3,(H2,53,58)(H,56,65)/t32-,34-,38+,40-,44-,48+/m0/s1. The number of aliphatic hydroxyl groups excluding tert-OH is 1. The number of carbonyl (C=O) groups excluding carboxylic acids is 2. The summed E-state index contributed by atoms with van der Waals surface area (Å²) in [6.07, 6.45) is 7.09. The number of aryl methyl sites for hydroxylation is 1. The minimum atomic E-state index is -0.827. The predicted molar refractivity (Wildman–Crippen MR) is 264 cm³/mol. The van der Waals surface area contributed by atoms with Gasteiger partial charge in [0.2, 0.25) is 11.8 Å². The van der Waals surface area contributed by atoms with E-state index in [1.54, 1.807) is 52.5 Å². The Labute approximate surface area is 411 Å². The van der Waals surface area contributed by atoms with Crippen molar-refractivity contribution in [2.24, 2.45) is 11.8 Å². The van der Waals surface area contributed by atoms with E-state index in [1.165, 1.54) is 4.90 Å². The third-order valence-electron chi connectivity index (χ3n) is 13.6. The molecule has 1 aliphatic carbocycles. The van der Waals surface area contributed by atoms with E-state index in [1.807, 2.05) is 69.7 Å². The highest BCUT2D eigenvalue weighted by Crippen LogP contribution is 2.36. The molecule has 0 bridgehead atoms. The predicted octanol–water partition coefficient (Wildman–Crippen LogP) is 6.64. The fourth-order valence-corrected chi connectivity index (χ4v) is 10.3. The Morgan fingerprint density at radius 3 is 2.53 bits per heavy atom. The third kappa shape index (κ3) is 11.2. The summed E-state index contributed by atoms with van der Waals surface area (Å²) in [6, 6.07) is 17.3. The number of hydrogen-bond acceptors (Lipinski definition) is 15. The van der Waals surface area contributed by atoms with Gasteiger partial charge in [-0.25, -0.2) is 4.98 Å². The Balaban J connectivity index is 0.685. The number of phenolic OH excluding ortho intramolecular Hbond substituents is 1. The molecular weight excluding hydrogens is 909 g/mol. The van der Waals surface area contributed by atoms with Crippen LogP contribution in [0.25, 0.3) is 32.8 Å². The van der Waals surface area contributed by atoms with E-state index < -0.39 is 18.1 Å². The monoisotopic (exact) mass is 968 g/mol. The van der Waals surface area contributed by atoms with Crippen LogP contribution in [0.1, 0.15) is 81.9 Å². The average molecular weight is 969 g/mol. The van der Waals surface area contributed by atoms with Crippen LogP contribution < -0.4 is 15.8 Å². The molecule has 17 nitrogen and oxygen atoms in total.